The zero-order valence-electron chi connectivity index (χ0n) is 8.71. The quantitative estimate of drug-likeness (QED) is 0.749. The molecule has 0 saturated heterocycles. The van der Waals surface area contributed by atoms with Crippen molar-refractivity contribution >= 4 is 0 Å². The number of hydrogen-bond donors (Lipinski definition) is 2. The monoisotopic (exact) mass is 194 g/mol. The number of nitrogens with one attached hydrogen (secondary N) is 1. The Morgan fingerprint density at radius 2 is 2.07 bits per heavy atom. The fraction of sp³-hybridized carbons (Fsp3) is 0.800. The standard InChI is InChI=1S/C10H18N4/c1-10(5-3-2-4-6-10)9-12-8(7-11)13-14-9/h2-7,11H2,1H3,(H,12,13,14). The zero-order chi connectivity index (χ0) is 10.0. The number of nitrogens with zero attached hydrogens (tertiary/aromatic N) is 2. The van der Waals surface area contributed by atoms with Gasteiger partial charge in [-0.25, -0.2) is 4.98 Å². The van der Waals surface area contributed by atoms with Crippen LogP contribution in [0.1, 0.15) is 50.7 Å². The summed E-state index contributed by atoms with van der Waals surface area (Å²) in [4.78, 5) is 4.43. The van der Waals surface area contributed by atoms with Gasteiger partial charge in [0.1, 0.15) is 5.82 Å². The molecule has 1 saturated carbocycles. The largest absolute Gasteiger partial charge is 0.324 e. The first-order valence-electron chi connectivity index (χ1n) is 5.36. The molecule has 2 rings (SSSR count). The van der Waals surface area contributed by atoms with Crippen LogP contribution in [0.4, 0.5) is 0 Å². The molecular weight excluding hydrogens is 176 g/mol. The van der Waals surface area contributed by atoms with Crippen LogP contribution in [0.5, 0.6) is 0 Å². The fourth-order valence-electron chi connectivity index (χ4n) is 2.21. The molecule has 0 bridgehead atoms. The molecule has 0 atom stereocenters. The van der Waals surface area contributed by atoms with E-state index >= 15 is 0 Å². The topological polar surface area (TPSA) is 67.6 Å². The lowest BCUT2D eigenvalue weighted by Gasteiger charge is -2.30. The lowest BCUT2D eigenvalue weighted by Crippen LogP contribution is -2.26. The molecule has 0 aromatic carbocycles. The van der Waals surface area contributed by atoms with E-state index in [0.717, 1.165) is 11.6 Å². The van der Waals surface area contributed by atoms with Gasteiger partial charge in [0.05, 0.1) is 6.54 Å². The molecule has 78 valence electrons. The number of rotatable bonds is 2. The van der Waals surface area contributed by atoms with Gasteiger partial charge in [-0.15, -0.1) is 0 Å². The van der Waals surface area contributed by atoms with Crippen LogP contribution in [0.2, 0.25) is 0 Å². The first-order chi connectivity index (χ1) is 6.74. The molecule has 1 aliphatic carbocycles. The second-order valence-electron chi connectivity index (χ2n) is 4.43. The smallest absolute Gasteiger partial charge is 0.156 e. The third-order valence-electron chi connectivity index (χ3n) is 3.22. The van der Waals surface area contributed by atoms with Gasteiger partial charge in [0, 0.05) is 5.41 Å². The van der Waals surface area contributed by atoms with E-state index in [-0.39, 0.29) is 5.41 Å². The molecule has 0 unspecified atom stereocenters. The zero-order valence-corrected chi connectivity index (χ0v) is 8.71. The second-order valence-corrected chi connectivity index (χ2v) is 4.43. The summed E-state index contributed by atoms with van der Waals surface area (Å²) in [5, 5.41) is 7.16. The van der Waals surface area contributed by atoms with Gasteiger partial charge in [0.25, 0.3) is 0 Å². The van der Waals surface area contributed by atoms with Crippen LogP contribution in [0.25, 0.3) is 0 Å². The lowest BCUT2D eigenvalue weighted by molar-refractivity contribution is 0.304. The average molecular weight is 194 g/mol. The van der Waals surface area contributed by atoms with Crippen LogP contribution in [-0.2, 0) is 12.0 Å². The second kappa shape index (κ2) is 3.69. The highest BCUT2D eigenvalue weighted by atomic mass is 15.2. The summed E-state index contributed by atoms with van der Waals surface area (Å²) in [5.41, 5.74) is 5.68. The number of nitrogens with two attached hydrogens (primary N) is 1. The summed E-state index contributed by atoms with van der Waals surface area (Å²) < 4.78 is 0. The van der Waals surface area contributed by atoms with Crippen LogP contribution in [0.3, 0.4) is 0 Å². The first kappa shape index (κ1) is 9.65. The number of H-pyrrole nitrogens is 1. The Kier molecular flexibility index (Phi) is 2.54. The molecule has 4 nitrogen and oxygen atoms in total. The average Bonchev–Trinajstić information content (AvgIpc) is 2.67. The SMILES string of the molecule is CC1(c2n[nH]c(CN)n2)CCCCC1. The van der Waals surface area contributed by atoms with E-state index in [2.05, 4.69) is 22.1 Å². The Labute approximate surface area is 84.3 Å². The predicted molar refractivity (Wildman–Crippen MR) is 54.7 cm³/mol. The molecule has 0 aliphatic heterocycles. The first-order valence-corrected chi connectivity index (χ1v) is 5.36. The third kappa shape index (κ3) is 1.66. The highest BCUT2D eigenvalue weighted by molar-refractivity contribution is 5.07. The molecule has 1 fully saturated rings. The Hall–Kier alpha value is -0.900. The van der Waals surface area contributed by atoms with Gasteiger partial charge in [-0.3, -0.25) is 5.10 Å². The minimum Gasteiger partial charge on any atom is -0.324 e. The van der Waals surface area contributed by atoms with E-state index in [9.17, 15) is 0 Å². The van der Waals surface area contributed by atoms with Gasteiger partial charge < -0.3 is 5.73 Å². The maximum atomic E-state index is 5.50. The van der Waals surface area contributed by atoms with E-state index in [0.29, 0.717) is 6.54 Å². The van der Waals surface area contributed by atoms with Crippen LogP contribution < -0.4 is 5.73 Å². The van der Waals surface area contributed by atoms with Crippen molar-refractivity contribution in [2.45, 2.75) is 51.0 Å². The van der Waals surface area contributed by atoms with Crippen LogP contribution >= 0.6 is 0 Å². The highest BCUT2D eigenvalue weighted by Gasteiger charge is 2.32. The Balaban J connectivity index is 2.19. The molecule has 1 heterocycles. The number of hydrogen-bond acceptors (Lipinski definition) is 3. The van der Waals surface area contributed by atoms with E-state index in [1.807, 2.05) is 0 Å². The van der Waals surface area contributed by atoms with Crippen molar-refractivity contribution in [3.8, 4) is 0 Å². The minimum atomic E-state index is 0.183. The van der Waals surface area contributed by atoms with Gasteiger partial charge in [-0.05, 0) is 12.8 Å². The van der Waals surface area contributed by atoms with E-state index in [4.69, 9.17) is 5.73 Å². The van der Waals surface area contributed by atoms with Gasteiger partial charge in [0.15, 0.2) is 5.82 Å². The van der Waals surface area contributed by atoms with Crippen molar-refractivity contribution in [2.75, 3.05) is 0 Å². The third-order valence-corrected chi connectivity index (χ3v) is 3.22. The van der Waals surface area contributed by atoms with Gasteiger partial charge >= 0.3 is 0 Å². The van der Waals surface area contributed by atoms with Crippen LogP contribution in [0, 0.1) is 0 Å². The molecule has 14 heavy (non-hydrogen) atoms. The van der Waals surface area contributed by atoms with Gasteiger partial charge in [0.2, 0.25) is 0 Å². The minimum absolute atomic E-state index is 0.183. The molecule has 1 aliphatic rings. The normalized spacial score (nSPS) is 21.0. The molecule has 1 aromatic rings. The summed E-state index contributed by atoms with van der Waals surface area (Å²) in [6.45, 7) is 2.71. The van der Waals surface area contributed by atoms with Crippen molar-refractivity contribution < 1.29 is 0 Å². The fourth-order valence-corrected chi connectivity index (χ4v) is 2.21. The van der Waals surface area contributed by atoms with Gasteiger partial charge in [-0.2, -0.15) is 5.10 Å². The van der Waals surface area contributed by atoms with E-state index < -0.39 is 0 Å². The predicted octanol–water partition coefficient (Wildman–Crippen LogP) is 1.49. The summed E-state index contributed by atoms with van der Waals surface area (Å²) >= 11 is 0. The van der Waals surface area contributed by atoms with Gasteiger partial charge in [-0.1, -0.05) is 26.2 Å². The van der Waals surface area contributed by atoms with Crippen molar-refractivity contribution in [3.05, 3.63) is 11.6 Å². The molecule has 4 heteroatoms. The van der Waals surface area contributed by atoms with E-state index in [1.54, 1.807) is 0 Å². The summed E-state index contributed by atoms with van der Waals surface area (Å²) in [6.07, 6.45) is 6.35. The summed E-state index contributed by atoms with van der Waals surface area (Å²) in [6, 6.07) is 0. The maximum absolute atomic E-state index is 5.50. The summed E-state index contributed by atoms with van der Waals surface area (Å²) in [7, 11) is 0. The Bertz CT molecular complexity index is 299. The maximum Gasteiger partial charge on any atom is 0.156 e. The molecule has 0 spiro atoms. The number of aromatic nitrogens is 3. The molecule has 0 amide bonds. The molecular formula is C10H18N4. The van der Waals surface area contributed by atoms with Crippen molar-refractivity contribution in [1.29, 1.82) is 0 Å². The molecule has 0 radical (unpaired) electrons. The van der Waals surface area contributed by atoms with Crippen molar-refractivity contribution in [1.82, 2.24) is 15.2 Å². The Morgan fingerprint density at radius 1 is 1.36 bits per heavy atom. The lowest BCUT2D eigenvalue weighted by atomic mass is 9.75. The summed E-state index contributed by atoms with van der Waals surface area (Å²) in [5.74, 6) is 1.75. The molecule has 3 N–H and O–H groups in total. The van der Waals surface area contributed by atoms with Crippen molar-refractivity contribution in [2.24, 2.45) is 5.73 Å². The van der Waals surface area contributed by atoms with E-state index in [1.165, 1.54) is 32.1 Å². The van der Waals surface area contributed by atoms with Crippen LogP contribution in [0.15, 0.2) is 0 Å². The van der Waals surface area contributed by atoms with Crippen LogP contribution in [-0.4, -0.2) is 15.2 Å². The highest BCUT2D eigenvalue weighted by Crippen LogP contribution is 2.36. The van der Waals surface area contributed by atoms with Crippen molar-refractivity contribution in [3.63, 3.8) is 0 Å². The molecule has 1 aromatic heterocycles. The number of aromatic amines is 1. The Morgan fingerprint density at radius 3 is 2.64 bits per heavy atom.